The van der Waals surface area contributed by atoms with Crippen LogP contribution in [0, 0.1) is 6.92 Å². The first-order valence-electron chi connectivity index (χ1n) is 10.3. The first kappa shape index (κ1) is 20.2. The second-order valence-corrected chi connectivity index (χ2v) is 8.88. The Morgan fingerprint density at radius 2 is 1.62 bits per heavy atom. The van der Waals surface area contributed by atoms with E-state index in [2.05, 4.69) is 51.4 Å². The molecule has 1 atom stereocenters. The zero-order chi connectivity index (χ0) is 22.1. The van der Waals surface area contributed by atoms with E-state index < -0.39 is 0 Å². The molecule has 5 rings (SSSR count). The van der Waals surface area contributed by atoms with Gasteiger partial charge in [-0.2, -0.15) is 0 Å². The highest BCUT2D eigenvalue weighted by Crippen LogP contribution is 2.35. The molecule has 2 heterocycles. The van der Waals surface area contributed by atoms with Crippen LogP contribution in [0.4, 0.5) is 0 Å². The van der Waals surface area contributed by atoms with Crippen LogP contribution in [-0.2, 0) is 0 Å². The molecule has 7 heteroatoms. The Morgan fingerprint density at radius 3 is 2.41 bits per heavy atom. The van der Waals surface area contributed by atoms with E-state index in [1.807, 2.05) is 60.0 Å². The summed E-state index contributed by atoms with van der Waals surface area (Å²) in [4.78, 5) is 20.1. The molecule has 0 spiro atoms. The van der Waals surface area contributed by atoms with Gasteiger partial charge in [0.1, 0.15) is 5.82 Å². The Labute approximate surface area is 189 Å². The second-order valence-electron chi connectivity index (χ2n) is 7.57. The fraction of sp³-hybridized carbons (Fsp3) is 0.120. The Balaban J connectivity index is 1.56. The van der Waals surface area contributed by atoms with E-state index in [9.17, 15) is 4.79 Å². The smallest absolute Gasteiger partial charge is 0.258 e. The number of nitrogens with one attached hydrogen (secondary N) is 1. The van der Waals surface area contributed by atoms with Crippen molar-refractivity contribution in [2.45, 2.75) is 24.3 Å². The Kier molecular flexibility index (Phi) is 5.33. The van der Waals surface area contributed by atoms with Crippen molar-refractivity contribution in [3.63, 3.8) is 0 Å². The van der Waals surface area contributed by atoms with Gasteiger partial charge in [0.25, 0.3) is 5.56 Å². The van der Waals surface area contributed by atoms with Gasteiger partial charge in [-0.05, 0) is 38.1 Å². The van der Waals surface area contributed by atoms with Crippen LogP contribution in [0.25, 0.3) is 28.0 Å². The molecule has 0 aliphatic rings. The molecule has 2 aromatic heterocycles. The highest BCUT2D eigenvalue weighted by molar-refractivity contribution is 7.99. The molecule has 0 saturated carbocycles. The SMILES string of the molecule is Cc1ccc(-c2nnc(SC(C)c3nc4ccccc4c(=O)[nH]3)n2-c2ccccc2)cc1. The first-order chi connectivity index (χ1) is 15.6. The number of hydrogen-bond acceptors (Lipinski definition) is 5. The quantitative estimate of drug-likeness (QED) is 0.375. The standard InChI is InChI=1S/C25H21N5OS/c1-16-12-14-18(15-13-16)23-28-29-25(30(23)19-8-4-3-5-9-19)32-17(2)22-26-21-11-7-6-10-20(21)24(31)27-22/h3-15,17H,1-2H3,(H,26,27,31). The third kappa shape index (κ3) is 3.83. The molecule has 0 bridgehead atoms. The molecule has 0 fully saturated rings. The number of benzene rings is 3. The van der Waals surface area contributed by atoms with Crippen LogP contribution < -0.4 is 5.56 Å². The summed E-state index contributed by atoms with van der Waals surface area (Å²) in [6, 6.07) is 25.6. The van der Waals surface area contributed by atoms with E-state index in [1.54, 1.807) is 6.07 Å². The Hall–Kier alpha value is -3.71. The van der Waals surface area contributed by atoms with E-state index in [0.717, 1.165) is 22.2 Å². The molecule has 1 unspecified atom stereocenters. The van der Waals surface area contributed by atoms with Crippen molar-refractivity contribution in [3.05, 3.63) is 101 Å². The maximum atomic E-state index is 12.5. The first-order valence-corrected chi connectivity index (χ1v) is 11.2. The predicted octanol–water partition coefficient (Wildman–Crippen LogP) is 5.33. The van der Waals surface area contributed by atoms with Crippen molar-refractivity contribution in [2.24, 2.45) is 0 Å². The van der Waals surface area contributed by atoms with Crippen LogP contribution in [0.2, 0.25) is 0 Å². The minimum absolute atomic E-state index is 0.134. The van der Waals surface area contributed by atoms with Gasteiger partial charge in [0.05, 0.1) is 16.2 Å². The fourth-order valence-corrected chi connectivity index (χ4v) is 4.48. The number of H-pyrrole nitrogens is 1. The number of nitrogens with zero attached hydrogens (tertiary/aromatic N) is 4. The van der Waals surface area contributed by atoms with Crippen molar-refractivity contribution in [1.29, 1.82) is 0 Å². The van der Waals surface area contributed by atoms with Crippen molar-refractivity contribution in [3.8, 4) is 17.1 Å². The molecular formula is C25H21N5OS. The molecule has 1 N–H and O–H groups in total. The number of fused-ring (bicyclic) bond motifs is 1. The van der Waals surface area contributed by atoms with E-state index >= 15 is 0 Å². The zero-order valence-corrected chi connectivity index (χ0v) is 18.5. The summed E-state index contributed by atoms with van der Waals surface area (Å²) >= 11 is 1.51. The maximum absolute atomic E-state index is 12.5. The van der Waals surface area contributed by atoms with Gasteiger partial charge in [0, 0.05) is 11.3 Å². The summed E-state index contributed by atoms with van der Waals surface area (Å²) in [6.07, 6.45) is 0. The van der Waals surface area contributed by atoms with Gasteiger partial charge in [-0.1, -0.05) is 71.9 Å². The summed E-state index contributed by atoms with van der Waals surface area (Å²) in [7, 11) is 0. The van der Waals surface area contributed by atoms with Gasteiger partial charge in [-0.15, -0.1) is 10.2 Å². The van der Waals surface area contributed by atoms with Gasteiger partial charge >= 0.3 is 0 Å². The number of aromatic nitrogens is 5. The molecule has 0 aliphatic heterocycles. The normalized spacial score (nSPS) is 12.2. The van der Waals surface area contributed by atoms with Crippen LogP contribution in [0.3, 0.4) is 0 Å². The lowest BCUT2D eigenvalue weighted by Crippen LogP contribution is -2.13. The third-order valence-corrected chi connectivity index (χ3v) is 6.31. The summed E-state index contributed by atoms with van der Waals surface area (Å²) < 4.78 is 2.05. The summed E-state index contributed by atoms with van der Waals surface area (Å²) in [6.45, 7) is 4.07. The molecule has 0 radical (unpaired) electrons. The van der Waals surface area contributed by atoms with Crippen molar-refractivity contribution < 1.29 is 0 Å². The number of hydrogen-bond donors (Lipinski definition) is 1. The van der Waals surface area contributed by atoms with Gasteiger partial charge in [0.2, 0.25) is 0 Å². The number of para-hydroxylation sites is 2. The predicted molar refractivity (Wildman–Crippen MR) is 128 cm³/mol. The summed E-state index contributed by atoms with van der Waals surface area (Å²) in [5, 5.41) is 10.2. The average molecular weight is 440 g/mol. The fourth-order valence-electron chi connectivity index (χ4n) is 3.56. The van der Waals surface area contributed by atoms with E-state index in [1.165, 1.54) is 17.3 Å². The van der Waals surface area contributed by atoms with Gasteiger partial charge in [0.15, 0.2) is 11.0 Å². The van der Waals surface area contributed by atoms with Gasteiger partial charge in [-0.25, -0.2) is 4.98 Å². The lowest BCUT2D eigenvalue weighted by atomic mass is 10.1. The number of thioether (sulfide) groups is 1. The van der Waals surface area contributed by atoms with Crippen LogP contribution in [-0.4, -0.2) is 24.7 Å². The van der Waals surface area contributed by atoms with E-state index in [-0.39, 0.29) is 10.8 Å². The lowest BCUT2D eigenvalue weighted by molar-refractivity contribution is 0.862. The highest BCUT2D eigenvalue weighted by Gasteiger charge is 2.20. The molecule has 0 amide bonds. The topological polar surface area (TPSA) is 76.5 Å². The molecule has 6 nitrogen and oxygen atoms in total. The van der Waals surface area contributed by atoms with E-state index in [0.29, 0.717) is 16.7 Å². The van der Waals surface area contributed by atoms with Crippen molar-refractivity contribution in [2.75, 3.05) is 0 Å². The number of aryl methyl sites for hydroxylation is 1. The molecule has 0 aliphatic carbocycles. The molecule has 158 valence electrons. The second kappa shape index (κ2) is 8.43. The van der Waals surface area contributed by atoms with Crippen LogP contribution in [0.5, 0.6) is 0 Å². The van der Waals surface area contributed by atoms with Crippen molar-refractivity contribution in [1.82, 2.24) is 24.7 Å². The lowest BCUT2D eigenvalue weighted by Gasteiger charge is -2.14. The Morgan fingerprint density at radius 1 is 0.906 bits per heavy atom. The Bertz CT molecular complexity index is 1440. The minimum atomic E-state index is -0.136. The van der Waals surface area contributed by atoms with Gasteiger partial charge < -0.3 is 4.98 Å². The van der Waals surface area contributed by atoms with E-state index in [4.69, 9.17) is 0 Å². The van der Waals surface area contributed by atoms with Crippen LogP contribution >= 0.6 is 11.8 Å². The van der Waals surface area contributed by atoms with Crippen molar-refractivity contribution >= 4 is 22.7 Å². The molecule has 0 saturated heterocycles. The molecule has 32 heavy (non-hydrogen) atoms. The zero-order valence-electron chi connectivity index (χ0n) is 17.7. The van der Waals surface area contributed by atoms with Crippen LogP contribution in [0.1, 0.15) is 23.6 Å². The minimum Gasteiger partial charge on any atom is -0.309 e. The average Bonchev–Trinajstić information content (AvgIpc) is 3.23. The highest BCUT2D eigenvalue weighted by atomic mass is 32.2. The third-order valence-electron chi connectivity index (χ3n) is 5.26. The number of rotatable bonds is 5. The monoisotopic (exact) mass is 439 g/mol. The summed E-state index contributed by atoms with van der Waals surface area (Å²) in [5.74, 6) is 1.38. The molecule has 3 aromatic carbocycles. The van der Waals surface area contributed by atoms with Crippen LogP contribution in [0.15, 0.2) is 88.8 Å². The molecule has 5 aromatic rings. The van der Waals surface area contributed by atoms with Gasteiger partial charge in [-0.3, -0.25) is 9.36 Å². The molecular weight excluding hydrogens is 418 g/mol. The summed E-state index contributed by atoms with van der Waals surface area (Å²) in [5.41, 5.74) is 3.70. The number of aromatic amines is 1. The largest absolute Gasteiger partial charge is 0.309 e. The maximum Gasteiger partial charge on any atom is 0.258 e.